The number of hydrogen-bond acceptors (Lipinski definition) is 4. The maximum Gasteiger partial charge on any atom is 0.0729 e. The molecule has 0 aromatic rings. The van der Waals surface area contributed by atoms with Crippen LogP contribution in [0.4, 0.5) is 0 Å². The van der Waals surface area contributed by atoms with Gasteiger partial charge >= 0.3 is 0 Å². The van der Waals surface area contributed by atoms with Crippen molar-refractivity contribution in [1.82, 2.24) is 5.32 Å². The molecule has 0 aromatic carbocycles. The zero-order valence-corrected chi connectivity index (χ0v) is 13.3. The lowest BCUT2D eigenvalue weighted by atomic mass is 9.76. The second kappa shape index (κ2) is 7.74. The Bertz CT molecular complexity index is 273. The smallest absolute Gasteiger partial charge is 0.0729 e. The van der Waals surface area contributed by atoms with E-state index in [4.69, 9.17) is 14.2 Å². The van der Waals surface area contributed by atoms with E-state index >= 15 is 0 Å². The van der Waals surface area contributed by atoms with Gasteiger partial charge in [-0.1, -0.05) is 0 Å². The van der Waals surface area contributed by atoms with Gasteiger partial charge in [-0.25, -0.2) is 0 Å². The van der Waals surface area contributed by atoms with Gasteiger partial charge < -0.3 is 19.5 Å². The first kappa shape index (κ1) is 16.2. The number of ether oxygens (including phenoxy) is 3. The highest BCUT2D eigenvalue weighted by Gasteiger charge is 2.40. The molecule has 1 N–H and O–H groups in total. The van der Waals surface area contributed by atoms with Gasteiger partial charge in [0.1, 0.15) is 0 Å². The fourth-order valence-corrected chi connectivity index (χ4v) is 3.65. The van der Waals surface area contributed by atoms with E-state index in [0.717, 1.165) is 45.0 Å². The van der Waals surface area contributed by atoms with Crippen LogP contribution >= 0.6 is 0 Å². The van der Waals surface area contributed by atoms with E-state index < -0.39 is 0 Å². The van der Waals surface area contributed by atoms with Gasteiger partial charge in [-0.2, -0.15) is 0 Å². The van der Waals surface area contributed by atoms with E-state index in [2.05, 4.69) is 19.3 Å². The van der Waals surface area contributed by atoms with Crippen LogP contribution in [0.3, 0.4) is 0 Å². The van der Waals surface area contributed by atoms with Crippen molar-refractivity contribution < 1.29 is 14.2 Å². The van der Waals surface area contributed by atoms with Gasteiger partial charge in [0.05, 0.1) is 11.7 Å². The minimum absolute atomic E-state index is 0.100. The van der Waals surface area contributed by atoms with Crippen LogP contribution in [0.1, 0.15) is 45.4 Å². The summed E-state index contributed by atoms with van der Waals surface area (Å²) >= 11 is 0. The molecule has 0 amide bonds. The van der Waals surface area contributed by atoms with Gasteiger partial charge in [0.2, 0.25) is 0 Å². The van der Waals surface area contributed by atoms with E-state index in [0.29, 0.717) is 12.1 Å². The van der Waals surface area contributed by atoms with Gasteiger partial charge in [-0.05, 0) is 58.4 Å². The standard InChI is InChI=1S/C16H31NO3/c1-13(18-3)4-5-15(17-2)14-6-9-20-16(12-14)7-10-19-11-8-16/h13-15,17H,4-12H2,1-3H3. The Labute approximate surface area is 123 Å². The summed E-state index contributed by atoms with van der Waals surface area (Å²) < 4.78 is 17.0. The minimum Gasteiger partial charge on any atom is -0.382 e. The van der Waals surface area contributed by atoms with Crippen LogP contribution in [0.15, 0.2) is 0 Å². The summed E-state index contributed by atoms with van der Waals surface area (Å²) in [6.45, 7) is 4.77. The van der Waals surface area contributed by atoms with Crippen LogP contribution in [0.25, 0.3) is 0 Å². The maximum atomic E-state index is 6.15. The van der Waals surface area contributed by atoms with Crippen molar-refractivity contribution in [3.05, 3.63) is 0 Å². The molecule has 0 radical (unpaired) electrons. The topological polar surface area (TPSA) is 39.7 Å². The summed E-state index contributed by atoms with van der Waals surface area (Å²) in [5.74, 6) is 0.718. The van der Waals surface area contributed by atoms with E-state index in [1.54, 1.807) is 7.11 Å². The molecule has 0 aromatic heterocycles. The number of nitrogens with one attached hydrogen (secondary N) is 1. The predicted octanol–water partition coefficient (Wildman–Crippen LogP) is 2.37. The van der Waals surface area contributed by atoms with Gasteiger partial charge in [-0.3, -0.25) is 0 Å². The van der Waals surface area contributed by atoms with Crippen molar-refractivity contribution in [1.29, 1.82) is 0 Å². The Balaban J connectivity index is 1.88. The van der Waals surface area contributed by atoms with Crippen LogP contribution in [0.2, 0.25) is 0 Å². The predicted molar refractivity (Wildman–Crippen MR) is 80.0 cm³/mol. The number of hydrogen-bond donors (Lipinski definition) is 1. The molecule has 2 rings (SSSR count). The second-order valence-electron chi connectivity index (χ2n) is 6.42. The second-order valence-corrected chi connectivity index (χ2v) is 6.42. The van der Waals surface area contributed by atoms with E-state index in [1.807, 2.05) is 0 Å². The first-order valence-corrected chi connectivity index (χ1v) is 8.11. The highest BCUT2D eigenvalue weighted by Crippen LogP contribution is 2.38. The molecule has 0 bridgehead atoms. The van der Waals surface area contributed by atoms with Crippen LogP contribution in [0, 0.1) is 5.92 Å². The van der Waals surface area contributed by atoms with Crippen LogP contribution in [-0.4, -0.2) is 51.7 Å². The molecule has 1 spiro atoms. The summed E-state index contributed by atoms with van der Waals surface area (Å²) in [4.78, 5) is 0. The van der Waals surface area contributed by atoms with Crippen molar-refractivity contribution in [3.63, 3.8) is 0 Å². The molecule has 2 fully saturated rings. The van der Waals surface area contributed by atoms with Crippen molar-refractivity contribution in [3.8, 4) is 0 Å². The summed E-state index contributed by atoms with van der Waals surface area (Å²) in [5, 5.41) is 3.53. The maximum absolute atomic E-state index is 6.15. The molecule has 3 atom stereocenters. The third-order valence-corrected chi connectivity index (χ3v) is 5.16. The molecule has 2 aliphatic heterocycles. The largest absolute Gasteiger partial charge is 0.382 e. The van der Waals surface area contributed by atoms with E-state index in [1.165, 1.54) is 19.3 Å². The zero-order chi connectivity index (χ0) is 14.4. The van der Waals surface area contributed by atoms with Gasteiger partial charge in [0.15, 0.2) is 0 Å². The van der Waals surface area contributed by atoms with Crippen molar-refractivity contribution in [2.75, 3.05) is 34.0 Å². The highest BCUT2D eigenvalue weighted by molar-refractivity contribution is 4.92. The lowest BCUT2D eigenvalue weighted by molar-refractivity contribution is -0.150. The Hall–Kier alpha value is -0.160. The molecule has 2 aliphatic rings. The van der Waals surface area contributed by atoms with Gasteiger partial charge in [0.25, 0.3) is 0 Å². The Morgan fingerprint density at radius 1 is 1.25 bits per heavy atom. The quantitative estimate of drug-likeness (QED) is 0.813. The Morgan fingerprint density at radius 3 is 2.65 bits per heavy atom. The molecule has 4 heteroatoms. The highest BCUT2D eigenvalue weighted by atomic mass is 16.5. The molecule has 0 aliphatic carbocycles. The fraction of sp³-hybridized carbons (Fsp3) is 1.00. The molecule has 0 saturated carbocycles. The van der Waals surface area contributed by atoms with Crippen molar-refractivity contribution in [2.45, 2.75) is 63.2 Å². The summed E-state index contributed by atoms with van der Waals surface area (Å²) in [5.41, 5.74) is 0.100. The van der Waals surface area contributed by atoms with Crippen LogP contribution in [0.5, 0.6) is 0 Å². The molecule has 3 unspecified atom stereocenters. The average molecular weight is 285 g/mol. The first-order valence-electron chi connectivity index (χ1n) is 8.11. The Morgan fingerprint density at radius 2 is 2.00 bits per heavy atom. The third kappa shape index (κ3) is 4.17. The van der Waals surface area contributed by atoms with Crippen molar-refractivity contribution in [2.24, 2.45) is 5.92 Å². The number of rotatable bonds is 6. The van der Waals surface area contributed by atoms with Gasteiger partial charge in [-0.15, -0.1) is 0 Å². The van der Waals surface area contributed by atoms with Gasteiger partial charge in [0, 0.05) is 33.0 Å². The lowest BCUT2D eigenvalue weighted by Crippen LogP contribution is -2.49. The summed E-state index contributed by atoms with van der Waals surface area (Å²) in [6.07, 6.45) is 7.14. The Kier molecular flexibility index (Phi) is 6.27. The summed E-state index contributed by atoms with van der Waals surface area (Å²) in [7, 11) is 3.89. The first-order chi connectivity index (χ1) is 9.69. The minimum atomic E-state index is 0.100. The normalized spacial score (nSPS) is 29.2. The molecule has 20 heavy (non-hydrogen) atoms. The lowest BCUT2D eigenvalue weighted by Gasteiger charge is -2.45. The fourth-order valence-electron chi connectivity index (χ4n) is 3.65. The molecular formula is C16H31NO3. The third-order valence-electron chi connectivity index (χ3n) is 5.16. The van der Waals surface area contributed by atoms with E-state index in [9.17, 15) is 0 Å². The molecular weight excluding hydrogens is 254 g/mol. The van der Waals surface area contributed by atoms with Crippen LogP contribution in [-0.2, 0) is 14.2 Å². The number of methoxy groups -OCH3 is 1. The average Bonchev–Trinajstić information content (AvgIpc) is 2.48. The molecule has 4 nitrogen and oxygen atoms in total. The van der Waals surface area contributed by atoms with E-state index in [-0.39, 0.29) is 5.60 Å². The summed E-state index contributed by atoms with van der Waals surface area (Å²) in [6, 6.07) is 0.580. The van der Waals surface area contributed by atoms with Crippen LogP contribution < -0.4 is 5.32 Å². The molecule has 118 valence electrons. The zero-order valence-electron chi connectivity index (χ0n) is 13.3. The SMILES string of the molecule is CNC(CCC(C)OC)C1CCOC2(CCOCC2)C1. The van der Waals surface area contributed by atoms with Crippen molar-refractivity contribution >= 4 is 0 Å². The molecule has 2 saturated heterocycles. The molecule has 2 heterocycles. The monoisotopic (exact) mass is 285 g/mol.